The first-order valence-corrected chi connectivity index (χ1v) is 9.19. The number of rotatable bonds is 3. The van der Waals surface area contributed by atoms with Gasteiger partial charge in [0.25, 0.3) is 5.88 Å². The van der Waals surface area contributed by atoms with Crippen LogP contribution >= 0.6 is 11.6 Å². The zero-order valence-electron chi connectivity index (χ0n) is 13.0. The van der Waals surface area contributed by atoms with Crippen LogP contribution in [0.3, 0.4) is 0 Å². The summed E-state index contributed by atoms with van der Waals surface area (Å²) in [6.45, 7) is 1.21. The molecule has 0 saturated carbocycles. The molecule has 10 heteroatoms. The summed E-state index contributed by atoms with van der Waals surface area (Å²) in [5.41, 5.74) is 0.122. The van der Waals surface area contributed by atoms with Gasteiger partial charge in [-0.05, 0) is 24.6 Å². The number of nitrogens with zero attached hydrogens (tertiary/aromatic N) is 1. The van der Waals surface area contributed by atoms with Gasteiger partial charge in [-0.1, -0.05) is 11.6 Å². The van der Waals surface area contributed by atoms with Crippen molar-refractivity contribution in [3.05, 3.63) is 29.0 Å². The fourth-order valence-corrected chi connectivity index (χ4v) is 4.27. The van der Waals surface area contributed by atoms with Crippen LogP contribution in [0, 0.1) is 5.82 Å². The first kappa shape index (κ1) is 17.6. The molecule has 0 radical (unpaired) electrons. The van der Waals surface area contributed by atoms with Crippen LogP contribution in [0.2, 0.25) is 5.02 Å². The predicted octanol–water partition coefficient (Wildman–Crippen LogP) is 2.91. The molecule has 0 bridgehead atoms. The van der Waals surface area contributed by atoms with E-state index in [1.54, 1.807) is 0 Å². The van der Waals surface area contributed by atoms with Gasteiger partial charge in [-0.25, -0.2) is 17.1 Å². The van der Waals surface area contributed by atoms with Crippen LogP contribution in [-0.4, -0.2) is 31.8 Å². The monoisotopic (exact) mass is 389 g/mol. The average Bonchev–Trinajstić information content (AvgIpc) is 3.00. The number of carbonyl (C=O) groups is 1. The van der Waals surface area contributed by atoms with E-state index in [1.807, 2.05) is 0 Å². The van der Waals surface area contributed by atoms with E-state index in [0.717, 1.165) is 23.4 Å². The molecule has 3 rings (SSSR count). The number of benzene rings is 1. The van der Waals surface area contributed by atoms with Crippen molar-refractivity contribution in [1.29, 1.82) is 0 Å². The van der Waals surface area contributed by atoms with Crippen molar-refractivity contribution < 1.29 is 31.9 Å². The Kier molecular flexibility index (Phi) is 4.38. The van der Waals surface area contributed by atoms with E-state index in [0.29, 0.717) is 6.42 Å². The molecule has 1 aliphatic heterocycles. The lowest BCUT2D eigenvalue weighted by Crippen LogP contribution is -2.25. The largest absolute Gasteiger partial charge is 0.502 e. The summed E-state index contributed by atoms with van der Waals surface area (Å²) in [5.74, 6) is -3.03. The van der Waals surface area contributed by atoms with Crippen molar-refractivity contribution in [1.82, 2.24) is 0 Å². The SMILES string of the molecule is CC(=O)Oc1c(N2CCCS2(=O)=O)oc(-c2ccc(F)cc2Cl)c1O. The Morgan fingerprint density at radius 3 is 2.72 bits per heavy atom. The topological polar surface area (TPSA) is 97.0 Å². The van der Waals surface area contributed by atoms with Crippen molar-refractivity contribution >= 4 is 33.5 Å². The summed E-state index contributed by atoms with van der Waals surface area (Å²) < 4.78 is 48.9. The molecule has 7 nitrogen and oxygen atoms in total. The number of hydrogen-bond donors (Lipinski definition) is 1. The van der Waals surface area contributed by atoms with Gasteiger partial charge in [-0.2, -0.15) is 0 Å². The highest BCUT2D eigenvalue weighted by Crippen LogP contribution is 2.50. The molecule has 2 aromatic rings. The molecule has 134 valence electrons. The normalized spacial score (nSPS) is 16.2. The number of aromatic hydroxyl groups is 1. The Morgan fingerprint density at radius 1 is 1.44 bits per heavy atom. The first-order valence-electron chi connectivity index (χ1n) is 7.20. The first-order chi connectivity index (χ1) is 11.7. The minimum atomic E-state index is -3.66. The summed E-state index contributed by atoms with van der Waals surface area (Å²) in [5, 5.41) is 10.3. The van der Waals surface area contributed by atoms with Gasteiger partial charge in [-0.15, -0.1) is 0 Å². The number of ether oxygens (including phenoxy) is 1. The highest BCUT2D eigenvalue weighted by Gasteiger charge is 2.37. The number of esters is 1. The van der Waals surface area contributed by atoms with Gasteiger partial charge in [0, 0.05) is 19.0 Å². The molecule has 1 aromatic heterocycles. The zero-order valence-corrected chi connectivity index (χ0v) is 14.5. The number of carbonyl (C=O) groups excluding carboxylic acids is 1. The van der Waals surface area contributed by atoms with Crippen LogP contribution in [0.4, 0.5) is 10.3 Å². The molecular formula is C15H13ClFNO6S. The van der Waals surface area contributed by atoms with Crippen molar-refractivity contribution in [3.8, 4) is 22.8 Å². The maximum atomic E-state index is 13.2. The van der Waals surface area contributed by atoms with Gasteiger partial charge in [0.1, 0.15) is 5.82 Å². The van der Waals surface area contributed by atoms with Crippen molar-refractivity contribution in [2.24, 2.45) is 0 Å². The Hall–Kier alpha value is -2.26. The lowest BCUT2D eigenvalue weighted by molar-refractivity contribution is -0.132. The number of furan rings is 1. The molecule has 1 aromatic carbocycles. The van der Waals surface area contributed by atoms with E-state index in [4.69, 9.17) is 20.8 Å². The maximum Gasteiger partial charge on any atom is 0.308 e. The summed E-state index contributed by atoms with van der Waals surface area (Å²) in [6.07, 6.45) is 0.357. The second-order valence-corrected chi connectivity index (χ2v) is 7.79. The van der Waals surface area contributed by atoms with Crippen LogP contribution in [0.1, 0.15) is 13.3 Å². The molecule has 0 spiro atoms. The molecule has 0 amide bonds. The molecule has 0 aliphatic carbocycles. The smallest absolute Gasteiger partial charge is 0.308 e. The minimum Gasteiger partial charge on any atom is -0.502 e. The van der Waals surface area contributed by atoms with Gasteiger partial charge in [-0.3, -0.25) is 4.79 Å². The third-order valence-corrected chi connectivity index (χ3v) is 5.71. The number of sulfonamides is 1. The Morgan fingerprint density at radius 2 is 2.16 bits per heavy atom. The van der Waals surface area contributed by atoms with Crippen LogP contribution in [0.5, 0.6) is 11.5 Å². The van der Waals surface area contributed by atoms with E-state index in [1.165, 1.54) is 6.07 Å². The molecule has 0 unspecified atom stereocenters. The fraction of sp³-hybridized carbons (Fsp3) is 0.267. The molecule has 0 atom stereocenters. The van der Waals surface area contributed by atoms with E-state index in [9.17, 15) is 22.7 Å². The van der Waals surface area contributed by atoms with Crippen LogP contribution < -0.4 is 9.04 Å². The van der Waals surface area contributed by atoms with E-state index in [-0.39, 0.29) is 34.5 Å². The lowest BCUT2D eigenvalue weighted by atomic mass is 10.1. The van der Waals surface area contributed by atoms with E-state index in [2.05, 4.69) is 0 Å². The fourth-order valence-electron chi connectivity index (χ4n) is 2.52. The molecule has 2 heterocycles. The Balaban J connectivity index is 2.20. The summed E-state index contributed by atoms with van der Waals surface area (Å²) in [6, 6.07) is 3.37. The molecule has 1 aliphatic rings. The third-order valence-electron chi connectivity index (χ3n) is 3.57. The molecule has 1 saturated heterocycles. The van der Waals surface area contributed by atoms with Crippen LogP contribution in [0.15, 0.2) is 22.6 Å². The third kappa shape index (κ3) is 3.16. The quantitative estimate of drug-likeness (QED) is 0.811. The van der Waals surface area contributed by atoms with E-state index >= 15 is 0 Å². The number of hydrogen-bond acceptors (Lipinski definition) is 6. The van der Waals surface area contributed by atoms with Gasteiger partial charge in [0.2, 0.25) is 21.5 Å². The van der Waals surface area contributed by atoms with Crippen molar-refractivity contribution in [2.75, 3.05) is 16.6 Å². The van der Waals surface area contributed by atoms with Crippen LogP contribution in [0.25, 0.3) is 11.3 Å². The van der Waals surface area contributed by atoms with Gasteiger partial charge in [0.05, 0.1) is 10.8 Å². The standard InChI is InChI=1S/C15H13ClFNO6S/c1-8(19)23-14-12(20)13(10-4-3-9(17)7-11(10)16)24-15(14)18-5-2-6-25(18,21)22/h3-4,7,20H,2,5-6H2,1H3. The highest BCUT2D eigenvalue weighted by atomic mass is 35.5. The van der Waals surface area contributed by atoms with Crippen molar-refractivity contribution in [3.63, 3.8) is 0 Å². The molecular weight excluding hydrogens is 377 g/mol. The molecule has 1 N–H and O–H groups in total. The predicted molar refractivity (Wildman–Crippen MR) is 87.8 cm³/mol. The number of anilines is 1. The zero-order chi connectivity index (χ0) is 18.4. The summed E-state index contributed by atoms with van der Waals surface area (Å²) >= 11 is 5.97. The minimum absolute atomic E-state index is 0.0609. The second-order valence-electron chi connectivity index (χ2n) is 5.37. The van der Waals surface area contributed by atoms with Gasteiger partial charge < -0.3 is 14.3 Å². The Bertz CT molecular complexity index is 955. The van der Waals surface area contributed by atoms with E-state index < -0.39 is 33.3 Å². The molecule has 1 fully saturated rings. The second kappa shape index (κ2) is 6.23. The lowest BCUT2D eigenvalue weighted by Gasteiger charge is -2.14. The molecule has 25 heavy (non-hydrogen) atoms. The van der Waals surface area contributed by atoms with Gasteiger partial charge in [0.15, 0.2) is 5.76 Å². The Labute approximate surface area is 147 Å². The number of halogens is 2. The van der Waals surface area contributed by atoms with Gasteiger partial charge >= 0.3 is 5.97 Å². The highest BCUT2D eigenvalue weighted by molar-refractivity contribution is 7.93. The van der Waals surface area contributed by atoms with Crippen LogP contribution in [-0.2, 0) is 14.8 Å². The van der Waals surface area contributed by atoms with Crippen molar-refractivity contribution in [2.45, 2.75) is 13.3 Å². The summed E-state index contributed by atoms with van der Waals surface area (Å²) in [7, 11) is -3.66. The maximum absolute atomic E-state index is 13.2. The summed E-state index contributed by atoms with van der Waals surface area (Å²) in [4.78, 5) is 11.3. The average molecular weight is 390 g/mol.